The number of nitrogens with one attached hydrogen (secondary N) is 1. The Morgan fingerprint density at radius 2 is 1.81 bits per heavy atom. The highest BCUT2D eigenvalue weighted by Gasteiger charge is 2.31. The predicted octanol–water partition coefficient (Wildman–Crippen LogP) is 3.38. The number of rotatable bonds is 1. The van der Waals surface area contributed by atoms with Gasteiger partial charge >= 0.3 is 6.18 Å². The Morgan fingerprint density at radius 1 is 1.19 bits per heavy atom. The van der Waals surface area contributed by atoms with Gasteiger partial charge in [0.1, 0.15) is 0 Å². The lowest BCUT2D eigenvalue weighted by atomic mass is 9.95. The van der Waals surface area contributed by atoms with Gasteiger partial charge in [0.25, 0.3) is 0 Å². The summed E-state index contributed by atoms with van der Waals surface area (Å²) < 4.78 is 37.1. The summed E-state index contributed by atoms with van der Waals surface area (Å²) in [6.07, 6.45) is -3.17. The summed E-state index contributed by atoms with van der Waals surface area (Å²) in [5, 5.41) is 3.30. The first-order valence-electron chi connectivity index (χ1n) is 5.39. The molecule has 1 N–H and O–H groups in total. The summed E-state index contributed by atoms with van der Waals surface area (Å²) in [6.45, 7) is 3.05. The van der Waals surface area contributed by atoms with Gasteiger partial charge in [-0.1, -0.05) is 19.1 Å². The monoisotopic (exact) mass is 229 g/mol. The molecule has 0 radical (unpaired) electrons. The van der Waals surface area contributed by atoms with Crippen LogP contribution in [-0.4, -0.2) is 6.54 Å². The molecular weight excluding hydrogens is 215 g/mol. The highest BCUT2D eigenvalue weighted by Crippen LogP contribution is 2.33. The molecule has 0 saturated carbocycles. The lowest BCUT2D eigenvalue weighted by molar-refractivity contribution is -0.137. The smallest absolute Gasteiger partial charge is 0.310 e. The fraction of sp³-hybridized carbons (Fsp3) is 0.500. The zero-order chi connectivity index (χ0) is 11.8. The number of hydrogen-bond acceptors (Lipinski definition) is 1. The van der Waals surface area contributed by atoms with Crippen LogP contribution in [-0.2, 0) is 6.18 Å². The van der Waals surface area contributed by atoms with E-state index in [1.165, 1.54) is 0 Å². The zero-order valence-electron chi connectivity index (χ0n) is 9.01. The van der Waals surface area contributed by atoms with Gasteiger partial charge in [0, 0.05) is 6.04 Å². The van der Waals surface area contributed by atoms with Crippen molar-refractivity contribution in [2.45, 2.75) is 25.6 Å². The molecule has 0 amide bonds. The molecule has 1 saturated heterocycles. The highest BCUT2D eigenvalue weighted by molar-refractivity contribution is 5.27. The molecule has 1 aliphatic rings. The lowest BCUT2D eigenvalue weighted by Crippen LogP contribution is -2.16. The molecule has 1 aromatic carbocycles. The predicted molar refractivity (Wildman–Crippen MR) is 56.0 cm³/mol. The largest absolute Gasteiger partial charge is 0.416 e. The fourth-order valence-corrected chi connectivity index (χ4v) is 2.16. The van der Waals surface area contributed by atoms with Crippen molar-refractivity contribution in [3.8, 4) is 0 Å². The lowest BCUT2D eigenvalue weighted by Gasteiger charge is -2.16. The summed E-state index contributed by atoms with van der Waals surface area (Å²) in [5.74, 6) is 0.483. The molecule has 16 heavy (non-hydrogen) atoms. The molecule has 0 bridgehead atoms. The van der Waals surface area contributed by atoms with Crippen molar-refractivity contribution in [2.75, 3.05) is 6.54 Å². The van der Waals surface area contributed by atoms with E-state index < -0.39 is 11.7 Å². The molecule has 2 unspecified atom stereocenters. The van der Waals surface area contributed by atoms with Crippen LogP contribution in [0.5, 0.6) is 0 Å². The molecule has 1 aliphatic heterocycles. The van der Waals surface area contributed by atoms with Gasteiger partial charge in [-0.25, -0.2) is 0 Å². The second-order valence-corrected chi connectivity index (χ2v) is 4.32. The first kappa shape index (κ1) is 11.5. The topological polar surface area (TPSA) is 12.0 Å². The minimum absolute atomic E-state index is 0.197. The van der Waals surface area contributed by atoms with Crippen LogP contribution in [0.25, 0.3) is 0 Å². The highest BCUT2D eigenvalue weighted by atomic mass is 19.4. The number of hydrogen-bond donors (Lipinski definition) is 1. The van der Waals surface area contributed by atoms with Crippen LogP contribution in [0.15, 0.2) is 24.3 Å². The molecule has 1 heterocycles. The number of benzene rings is 1. The molecule has 1 nitrogen and oxygen atoms in total. The summed E-state index contributed by atoms with van der Waals surface area (Å²) in [5.41, 5.74) is 0.361. The van der Waals surface area contributed by atoms with Crippen LogP contribution in [0.2, 0.25) is 0 Å². The Morgan fingerprint density at radius 3 is 2.25 bits per heavy atom. The molecule has 2 atom stereocenters. The van der Waals surface area contributed by atoms with Crippen molar-refractivity contribution in [2.24, 2.45) is 5.92 Å². The van der Waals surface area contributed by atoms with E-state index in [4.69, 9.17) is 0 Å². The van der Waals surface area contributed by atoms with Gasteiger partial charge in [0.2, 0.25) is 0 Å². The molecule has 0 aliphatic carbocycles. The van der Waals surface area contributed by atoms with Crippen molar-refractivity contribution >= 4 is 0 Å². The molecular formula is C12H14F3N. The van der Waals surface area contributed by atoms with E-state index in [0.29, 0.717) is 5.92 Å². The Hall–Kier alpha value is -1.03. The third kappa shape index (κ3) is 2.21. The Kier molecular flexibility index (Phi) is 2.93. The SMILES string of the molecule is CC1CCNC1c1ccc(C(F)(F)F)cc1. The van der Waals surface area contributed by atoms with E-state index in [0.717, 1.165) is 30.7 Å². The summed E-state index contributed by atoms with van der Waals surface area (Å²) in [4.78, 5) is 0. The maximum Gasteiger partial charge on any atom is 0.416 e. The van der Waals surface area contributed by atoms with Crippen molar-refractivity contribution in [1.82, 2.24) is 5.32 Å². The van der Waals surface area contributed by atoms with Crippen molar-refractivity contribution in [3.63, 3.8) is 0 Å². The second-order valence-electron chi connectivity index (χ2n) is 4.32. The van der Waals surface area contributed by atoms with Crippen LogP contribution >= 0.6 is 0 Å². The zero-order valence-corrected chi connectivity index (χ0v) is 9.01. The van der Waals surface area contributed by atoms with E-state index in [-0.39, 0.29) is 6.04 Å². The third-order valence-corrected chi connectivity index (χ3v) is 3.13. The first-order chi connectivity index (χ1) is 7.48. The van der Waals surface area contributed by atoms with Crippen molar-refractivity contribution < 1.29 is 13.2 Å². The minimum Gasteiger partial charge on any atom is -0.310 e. The van der Waals surface area contributed by atoms with Crippen LogP contribution in [0.1, 0.15) is 30.5 Å². The average molecular weight is 229 g/mol. The Labute approximate surface area is 92.7 Å². The van der Waals surface area contributed by atoms with Crippen LogP contribution in [0.3, 0.4) is 0 Å². The van der Waals surface area contributed by atoms with Gasteiger partial charge in [-0.05, 0) is 36.6 Å². The van der Waals surface area contributed by atoms with E-state index in [1.807, 2.05) is 0 Å². The maximum atomic E-state index is 12.4. The van der Waals surface area contributed by atoms with Crippen molar-refractivity contribution in [3.05, 3.63) is 35.4 Å². The quantitative estimate of drug-likeness (QED) is 0.778. The third-order valence-electron chi connectivity index (χ3n) is 3.13. The van der Waals surface area contributed by atoms with Gasteiger partial charge in [0.05, 0.1) is 5.56 Å². The average Bonchev–Trinajstić information content (AvgIpc) is 2.63. The number of alkyl halides is 3. The minimum atomic E-state index is -4.24. The molecule has 88 valence electrons. The Balaban J connectivity index is 2.19. The van der Waals surface area contributed by atoms with E-state index in [9.17, 15) is 13.2 Å². The van der Waals surface area contributed by atoms with E-state index >= 15 is 0 Å². The van der Waals surface area contributed by atoms with Gasteiger partial charge in [-0.2, -0.15) is 13.2 Å². The van der Waals surface area contributed by atoms with Crippen LogP contribution < -0.4 is 5.32 Å². The fourth-order valence-electron chi connectivity index (χ4n) is 2.16. The second kappa shape index (κ2) is 4.09. The molecule has 2 rings (SSSR count). The standard InChI is InChI=1S/C12H14F3N/c1-8-6-7-16-11(8)9-2-4-10(5-3-9)12(13,14)15/h2-5,8,11,16H,6-7H2,1H3. The van der Waals surface area contributed by atoms with Crippen LogP contribution in [0.4, 0.5) is 13.2 Å². The summed E-state index contributed by atoms with van der Waals surface area (Å²) in [7, 11) is 0. The van der Waals surface area contributed by atoms with Crippen molar-refractivity contribution in [1.29, 1.82) is 0 Å². The van der Waals surface area contributed by atoms with Gasteiger partial charge < -0.3 is 5.32 Å². The molecule has 4 heteroatoms. The summed E-state index contributed by atoms with van der Waals surface area (Å²) in [6, 6.07) is 5.65. The molecule has 0 aromatic heterocycles. The van der Waals surface area contributed by atoms with Gasteiger partial charge in [-0.15, -0.1) is 0 Å². The van der Waals surface area contributed by atoms with Gasteiger partial charge in [-0.3, -0.25) is 0 Å². The molecule has 1 aromatic rings. The summed E-state index contributed by atoms with van der Waals surface area (Å²) >= 11 is 0. The normalized spacial score (nSPS) is 26.0. The number of halogens is 3. The maximum absolute atomic E-state index is 12.4. The van der Waals surface area contributed by atoms with E-state index in [2.05, 4.69) is 12.2 Å². The first-order valence-corrected chi connectivity index (χ1v) is 5.39. The molecule has 0 spiro atoms. The van der Waals surface area contributed by atoms with E-state index in [1.54, 1.807) is 12.1 Å². The Bertz CT molecular complexity index is 356. The van der Waals surface area contributed by atoms with Gasteiger partial charge in [0.15, 0.2) is 0 Å². The molecule has 1 fully saturated rings. The van der Waals surface area contributed by atoms with Crippen LogP contribution in [0, 0.1) is 5.92 Å².